The normalized spacial score (nSPS) is 13.1. The fourth-order valence-electron chi connectivity index (χ4n) is 1.79. The van der Waals surface area contributed by atoms with Gasteiger partial charge < -0.3 is 9.88 Å². The molecule has 15 heavy (non-hydrogen) atoms. The molecule has 0 fully saturated rings. The van der Waals surface area contributed by atoms with E-state index in [0.717, 1.165) is 18.8 Å². The standard InChI is InChI=1S/C12H23N3/c1-5-13-10(2)7-6-8-15-9-14-11(3)12(15)4/h9-10,13H,5-8H2,1-4H3. The van der Waals surface area contributed by atoms with Crippen molar-refractivity contribution in [2.24, 2.45) is 0 Å². The Balaban J connectivity index is 2.29. The molecule has 1 unspecified atom stereocenters. The number of nitrogens with zero attached hydrogens (tertiary/aromatic N) is 2. The van der Waals surface area contributed by atoms with Gasteiger partial charge in [0.2, 0.25) is 0 Å². The monoisotopic (exact) mass is 209 g/mol. The molecule has 3 heteroatoms. The van der Waals surface area contributed by atoms with Crippen molar-refractivity contribution in [2.45, 2.75) is 53.1 Å². The lowest BCUT2D eigenvalue weighted by Crippen LogP contribution is -2.25. The van der Waals surface area contributed by atoms with Gasteiger partial charge in [-0.1, -0.05) is 6.92 Å². The number of aryl methyl sites for hydroxylation is 2. The van der Waals surface area contributed by atoms with Gasteiger partial charge in [0.1, 0.15) is 0 Å². The molecule has 0 amide bonds. The molecule has 3 nitrogen and oxygen atoms in total. The zero-order chi connectivity index (χ0) is 11.3. The minimum absolute atomic E-state index is 0.625. The summed E-state index contributed by atoms with van der Waals surface area (Å²) in [6.45, 7) is 10.7. The Morgan fingerprint density at radius 3 is 2.73 bits per heavy atom. The van der Waals surface area contributed by atoms with Crippen molar-refractivity contribution >= 4 is 0 Å². The van der Waals surface area contributed by atoms with Crippen LogP contribution in [-0.2, 0) is 6.54 Å². The smallest absolute Gasteiger partial charge is 0.0951 e. The molecule has 1 atom stereocenters. The zero-order valence-electron chi connectivity index (χ0n) is 10.4. The maximum Gasteiger partial charge on any atom is 0.0951 e. The Hall–Kier alpha value is -0.830. The topological polar surface area (TPSA) is 29.9 Å². The van der Waals surface area contributed by atoms with Crippen molar-refractivity contribution in [1.82, 2.24) is 14.9 Å². The maximum absolute atomic E-state index is 4.30. The molecule has 0 saturated heterocycles. The average Bonchev–Trinajstić information content (AvgIpc) is 2.50. The summed E-state index contributed by atoms with van der Waals surface area (Å²) in [5, 5.41) is 3.43. The minimum Gasteiger partial charge on any atom is -0.335 e. The van der Waals surface area contributed by atoms with Crippen molar-refractivity contribution in [3.8, 4) is 0 Å². The first-order valence-corrected chi connectivity index (χ1v) is 5.86. The maximum atomic E-state index is 4.30. The summed E-state index contributed by atoms with van der Waals surface area (Å²) in [5.41, 5.74) is 2.45. The van der Waals surface area contributed by atoms with Crippen LogP contribution in [0.15, 0.2) is 6.33 Å². The van der Waals surface area contributed by atoms with Crippen molar-refractivity contribution in [3.63, 3.8) is 0 Å². The molecular weight excluding hydrogens is 186 g/mol. The Kier molecular flexibility index (Phi) is 4.82. The van der Waals surface area contributed by atoms with Gasteiger partial charge in [-0.05, 0) is 40.2 Å². The first-order chi connectivity index (χ1) is 7.15. The molecule has 0 spiro atoms. The second-order valence-corrected chi connectivity index (χ2v) is 4.21. The average molecular weight is 209 g/mol. The highest BCUT2D eigenvalue weighted by atomic mass is 15.0. The number of aromatic nitrogens is 2. The molecule has 0 aromatic carbocycles. The van der Waals surface area contributed by atoms with Gasteiger partial charge in [-0.3, -0.25) is 0 Å². The van der Waals surface area contributed by atoms with E-state index in [1.165, 1.54) is 18.5 Å². The van der Waals surface area contributed by atoms with E-state index in [4.69, 9.17) is 0 Å². The van der Waals surface area contributed by atoms with E-state index in [1.54, 1.807) is 0 Å². The molecule has 0 radical (unpaired) electrons. The van der Waals surface area contributed by atoms with Crippen LogP contribution in [0.25, 0.3) is 0 Å². The van der Waals surface area contributed by atoms with E-state index in [2.05, 4.69) is 42.6 Å². The molecule has 0 saturated carbocycles. The third kappa shape index (κ3) is 3.67. The highest BCUT2D eigenvalue weighted by molar-refractivity contribution is 5.08. The highest BCUT2D eigenvalue weighted by Crippen LogP contribution is 2.06. The van der Waals surface area contributed by atoms with Gasteiger partial charge in [0.15, 0.2) is 0 Å². The Bertz CT molecular complexity index is 291. The van der Waals surface area contributed by atoms with Crippen molar-refractivity contribution in [2.75, 3.05) is 6.54 Å². The van der Waals surface area contributed by atoms with Gasteiger partial charge >= 0.3 is 0 Å². The molecule has 1 aromatic rings. The largest absolute Gasteiger partial charge is 0.335 e. The molecule has 1 aromatic heterocycles. The Morgan fingerprint density at radius 1 is 1.47 bits per heavy atom. The van der Waals surface area contributed by atoms with Gasteiger partial charge in [-0.15, -0.1) is 0 Å². The molecule has 86 valence electrons. The summed E-state index contributed by atoms with van der Waals surface area (Å²) in [5.74, 6) is 0. The van der Waals surface area contributed by atoms with Gasteiger partial charge in [0.25, 0.3) is 0 Å². The van der Waals surface area contributed by atoms with E-state index >= 15 is 0 Å². The van der Waals surface area contributed by atoms with Crippen LogP contribution in [0.3, 0.4) is 0 Å². The van der Waals surface area contributed by atoms with E-state index < -0.39 is 0 Å². The molecule has 0 aliphatic rings. The number of rotatable bonds is 6. The van der Waals surface area contributed by atoms with Gasteiger partial charge in [0, 0.05) is 18.3 Å². The van der Waals surface area contributed by atoms with Crippen LogP contribution < -0.4 is 5.32 Å². The van der Waals surface area contributed by atoms with E-state index in [0.29, 0.717) is 6.04 Å². The first kappa shape index (κ1) is 12.2. The van der Waals surface area contributed by atoms with E-state index in [1.807, 2.05) is 6.33 Å². The summed E-state index contributed by atoms with van der Waals surface area (Å²) in [4.78, 5) is 4.30. The van der Waals surface area contributed by atoms with Crippen LogP contribution in [0.1, 0.15) is 38.1 Å². The summed E-state index contributed by atoms with van der Waals surface area (Å²) in [6, 6.07) is 0.625. The number of hydrogen-bond donors (Lipinski definition) is 1. The Morgan fingerprint density at radius 2 is 2.20 bits per heavy atom. The van der Waals surface area contributed by atoms with Crippen LogP contribution in [0, 0.1) is 13.8 Å². The van der Waals surface area contributed by atoms with Gasteiger partial charge in [-0.2, -0.15) is 0 Å². The summed E-state index contributed by atoms with van der Waals surface area (Å²) in [7, 11) is 0. The molecule has 1 rings (SSSR count). The fraction of sp³-hybridized carbons (Fsp3) is 0.750. The highest BCUT2D eigenvalue weighted by Gasteiger charge is 2.03. The van der Waals surface area contributed by atoms with Crippen LogP contribution in [0.2, 0.25) is 0 Å². The summed E-state index contributed by atoms with van der Waals surface area (Å²) < 4.78 is 2.24. The van der Waals surface area contributed by atoms with Crippen molar-refractivity contribution < 1.29 is 0 Å². The minimum atomic E-state index is 0.625. The number of nitrogens with one attached hydrogen (secondary N) is 1. The zero-order valence-corrected chi connectivity index (χ0v) is 10.4. The summed E-state index contributed by atoms with van der Waals surface area (Å²) in [6.07, 6.45) is 4.39. The lowest BCUT2D eigenvalue weighted by Gasteiger charge is -2.12. The predicted octanol–water partition coefficient (Wildman–Crippen LogP) is 2.28. The van der Waals surface area contributed by atoms with Gasteiger partial charge in [-0.25, -0.2) is 4.98 Å². The van der Waals surface area contributed by atoms with Crippen LogP contribution in [0.4, 0.5) is 0 Å². The van der Waals surface area contributed by atoms with Crippen LogP contribution >= 0.6 is 0 Å². The third-order valence-corrected chi connectivity index (χ3v) is 2.93. The van der Waals surface area contributed by atoms with Crippen molar-refractivity contribution in [3.05, 3.63) is 17.7 Å². The van der Waals surface area contributed by atoms with Crippen LogP contribution in [0.5, 0.6) is 0 Å². The molecule has 1 heterocycles. The van der Waals surface area contributed by atoms with Gasteiger partial charge in [0.05, 0.1) is 12.0 Å². The lowest BCUT2D eigenvalue weighted by atomic mass is 10.2. The number of hydrogen-bond acceptors (Lipinski definition) is 2. The molecule has 0 aliphatic heterocycles. The molecule has 0 bridgehead atoms. The first-order valence-electron chi connectivity index (χ1n) is 5.86. The quantitative estimate of drug-likeness (QED) is 0.779. The van der Waals surface area contributed by atoms with Crippen molar-refractivity contribution in [1.29, 1.82) is 0 Å². The predicted molar refractivity (Wildman–Crippen MR) is 64.1 cm³/mol. The van der Waals surface area contributed by atoms with E-state index in [9.17, 15) is 0 Å². The second-order valence-electron chi connectivity index (χ2n) is 4.21. The molecule has 1 N–H and O–H groups in total. The SMILES string of the molecule is CCNC(C)CCCn1cnc(C)c1C. The molecular formula is C12H23N3. The third-order valence-electron chi connectivity index (χ3n) is 2.93. The van der Waals surface area contributed by atoms with Crippen LogP contribution in [-0.4, -0.2) is 22.1 Å². The summed E-state index contributed by atoms with van der Waals surface area (Å²) >= 11 is 0. The molecule has 0 aliphatic carbocycles. The lowest BCUT2D eigenvalue weighted by molar-refractivity contribution is 0.484. The second kappa shape index (κ2) is 5.91. The number of imidazole rings is 1. The van der Waals surface area contributed by atoms with E-state index in [-0.39, 0.29) is 0 Å². The Labute approximate surface area is 92.9 Å². The fourth-order valence-corrected chi connectivity index (χ4v) is 1.79.